The number of rotatable bonds is 3. The molecule has 22 heavy (non-hydrogen) atoms. The number of aliphatic hydroxyl groups excluding tert-OH is 1. The Balaban J connectivity index is 2.17. The Bertz CT molecular complexity index is 697. The number of ketones is 1. The lowest BCUT2D eigenvalue weighted by Crippen LogP contribution is -2.29. The Hall–Kier alpha value is -2.97. The average Bonchev–Trinajstić information content (AvgIpc) is 2.99. The predicted molar refractivity (Wildman–Crippen MR) is 69.3 cm³/mol. The van der Waals surface area contributed by atoms with E-state index >= 15 is 0 Å². The normalized spacial score (nSPS) is 22.7. The van der Waals surface area contributed by atoms with Gasteiger partial charge >= 0.3 is 11.9 Å². The van der Waals surface area contributed by atoms with Crippen molar-refractivity contribution in [2.24, 2.45) is 5.92 Å². The van der Waals surface area contributed by atoms with E-state index in [1.165, 1.54) is 12.5 Å². The van der Waals surface area contributed by atoms with Gasteiger partial charge in [-0.2, -0.15) is 0 Å². The third-order valence-electron chi connectivity index (χ3n) is 3.58. The monoisotopic (exact) mass is 305 g/mol. The summed E-state index contributed by atoms with van der Waals surface area (Å²) in [6.45, 7) is -0.717. The van der Waals surface area contributed by atoms with Crippen molar-refractivity contribution in [1.29, 1.82) is 0 Å². The zero-order valence-electron chi connectivity index (χ0n) is 11.2. The van der Waals surface area contributed by atoms with Crippen LogP contribution in [0.1, 0.15) is 11.5 Å². The van der Waals surface area contributed by atoms with Crippen LogP contribution in [0.2, 0.25) is 0 Å². The molecule has 2 aliphatic heterocycles. The molecule has 2 unspecified atom stereocenters. The number of cyclic esters (lactones) is 2. The van der Waals surface area contributed by atoms with Crippen LogP contribution >= 0.6 is 0 Å². The first-order valence-corrected chi connectivity index (χ1v) is 6.34. The molecule has 1 saturated heterocycles. The maximum Gasteiger partial charge on any atom is 0.338 e. The van der Waals surface area contributed by atoms with Gasteiger partial charge in [-0.25, -0.2) is 14.8 Å². The van der Waals surface area contributed by atoms with E-state index in [-0.39, 0.29) is 29.3 Å². The fourth-order valence-electron chi connectivity index (χ4n) is 2.58. The fourth-order valence-corrected chi connectivity index (χ4v) is 2.58. The molecule has 0 aliphatic carbocycles. The average molecular weight is 305 g/mol. The molecule has 2 atom stereocenters. The van der Waals surface area contributed by atoms with Gasteiger partial charge in [0, 0.05) is 17.7 Å². The van der Waals surface area contributed by atoms with Crippen molar-refractivity contribution in [3.8, 4) is 0 Å². The number of hydrogen-bond acceptors (Lipinski definition) is 9. The number of aromatic nitrogens is 2. The van der Waals surface area contributed by atoms with Crippen LogP contribution in [0.4, 0.5) is 5.82 Å². The lowest BCUT2D eigenvalue weighted by atomic mass is 9.79. The predicted octanol–water partition coefficient (Wildman–Crippen LogP) is -0.747. The Labute approximate surface area is 123 Å². The van der Waals surface area contributed by atoms with Gasteiger partial charge in [0.15, 0.2) is 12.4 Å². The molecule has 1 aromatic rings. The number of nitrogen functional groups attached to an aromatic ring is 1. The number of aliphatic hydroxyl groups is 1. The van der Waals surface area contributed by atoms with Crippen LogP contribution in [-0.2, 0) is 23.9 Å². The van der Waals surface area contributed by atoms with Gasteiger partial charge in [0.2, 0.25) is 0 Å². The molecule has 0 spiro atoms. The molecular weight excluding hydrogens is 294 g/mol. The Kier molecular flexibility index (Phi) is 3.24. The third kappa shape index (κ3) is 2.07. The number of esters is 2. The van der Waals surface area contributed by atoms with Crippen LogP contribution in [0.15, 0.2) is 23.9 Å². The van der Waals surface area contributed by atoms with E-state index in [0.29, 0.717) is 0 Å². The molecule has 3 heterocycles. The second kappa shape index (κ2) is 5.10. The summed E-state index contributed by atoms with van der Waals surface area (Å²) in [5, 5.41) is 9.90. The minimum atomic E-state index is -1.30. The van der Waals surface area contributed by atoms with Gasteiger partial charge in [0.25, 0.3) is 0 Å². The first kappa shape index (κ1) is 14.0. The summed E-state index contributed by atoms with van der Waals surface area (Å²) in [5.74, 6) is -4.93. The van der Waals surface area contributed by atoms with Crippen molar-refractivity contribution in [3.63, 3.8) is 0 Å². The second-order valence-corrected chi connectivity index (χ2v) is 4.83. The molecule has 9 heteroatoms. The van der Waals surface area contributed by atoms with E-state index in [1.54, 1.807) is 0 Å². The van der Waals surface area contributed by atoms with Crippen LogP contribution in [-0.4, -0.2) is 46.0 Å². The lowest BCUT2D eigenvalue weighted by Gasteiger charge is -2.20. The molecule has 9 nitrogen and oxygen atoms in total. The molecule has 3 rings (SSSR count). The minimum Gasteiger partial charge on any atom is -0.508 e. The molecule has 1 aromatic heterocycles. The van der Waals surface area contributed by atoms with E-state index in [2.05, 4.69) is 9.97 Å². The summed E-state index contributed by atoms with van der Waals surface area (Å²) in [6.07, 6.45) is 2.48. The van der Waals surface area contributed by atoms with E-state index in [9.17, 15) is 19.5 Å². The molecular formula is C13H11N3O6. The Morgan fingerprint density at radius 1 is 1.27 bits per heavy atom. The van der Waals surface area contributed by atoms with Gasteiger partial charge in [-0.3, -0.25) is 9.59 Å². The maximum absolute atomic E-state index is 12.0. The first-order valence-electron chi connectivity index (χ1n) is 6.34. The van der Waals surface area contributed by atoms with E-state index in [4.69, 9.17) is 15.2 Å². The van der Waals surface area contributed by atoms with Crippen LogP contribution in [0.25, 0.3) is 0 Å². The molecule has 0 aromatic carbocycles. The highest BCUT2D eigenvalue weighted by atomic mass is 16.6. The highest BCUT2D eigenvalue weighted by Gasteiger charge is 2.48. The smallest absolute Gasteiger partial charge is 0.338 e. The number of nitrogens with zero attached hydrogens (tertiary/aromatic N) is 2. The Morgan fingerprint density at radius 3 is 2.59 bits per heavy atom. The molecule has 3 N–H and O–H groups in total. The van der Waals surface area contributed by atoms with Crippen LogP contribution in [0.3, 0.4) is 0 Å². The van der Waals surface area contributed by atoms with Gasteiger partial charge in [-0.05, 0) is 0 Å². The molecule has 0 radical (unpaired) electrons. The summed E-state index contributed by atoms with van der Waals surface area (Å²) >= 11 is 0. The Morgan fingerprint density at radius 2 is 2.05 bits per heavy atom. The topological polar surface area (TPSA) is 142 Å². The van der Waals surface area contributed by atoms with Crippen molar-refractivity contribution in [1.82, 2.24) is 9.97 Å². The molecule has 0 amide bonds. The highest BCUT2D eigenvalue weighted by Crippen LogP contribution is 2.40. The number of Topliss-reactive ketones (excluding diaryl/α,β-unsaturated/α-hetero) is 1. The van der Waals surface area contributed by atoms with E-state index in [1.807, 2.05) is 0 Å². The number of carbonyl (C=O) groups excluding carboxylic acids is 3. The SMILES string of the molecule is Nc1ncncc1C(C1=C(O)COC1=O)C1C(=O)COC1=O. The molecule has 0 bridgehead atoms. The van der Waals surface area contributed by atoms with Gasteiger partial charge in [-0.1, -0.05) is 0 Å². The zero-order valence-corrected chi connectivity index (χ0v) is 11.2. The van der Waals surface area contributed by atoms with E-state index in [0.717, 1.165) is 0 Å². The maximum atomic E-state index is 12.0. The minimum absolute atomic E-state index is 0.00694. The summed E-state index contributed by atoms with van der Waals surface area (Å²) < 4.78 is 9.47. The van der Waals surface area contributed by atoms with Crippen molar-refractivity contribution in [2.45, 2.75) is 5.92 Å². The van der Waals surface area contributed by atoms with Gasteiger partial charge in [0.05, 0.1) is 5.57 Å². The van der Waals surface area contributed by atoms with Crippen LogP contribution in [0.5, 0.6) is 0 Å². The molecule has 114 valence electrons. The third-order valence-corrected chi connectivity index (χ3v) is 3.58. The second-order valence-electron chi connectivity index (χ2n) is 4.83. The van der Waals surface area contributed by atoms with Gasteiger partial charge in [-0.15, -0.1) is 0 Å². The quantitative estimate of drug-likeness (QED) is 0.545. The number of nitrogens with two attached hydrogens (primary N) is 1. The largest absolute Gasteiger partial charge is 0.508 e. The van der Waals surface area contributed by atoms with Gasteiger partial charge in [0.1, 0.15) is 30.4 Å². The highest BCUT2D eigenvalue weighted by molar-refractivity contribution is 6.08. The van der Waals surface area contributed by atoms with Crippen molar-refractivity contribution in [2.75, 3.05) is 18.9 Å². The zero-order chi connectivity index (χ0) is 15.9. The van der Waals surface area contributed by atoms with Crippen LogP contribution < -0.4 is 5.73 Å². The van der Waals surface area contributed by atoms with Gasteiger partial charge < -0.3 is 20.3 Å². The number of ether oxygens (including phenoxy) is 2. The summed E-state index contributed by atoms with van der Waals surface area (Å²) in [7, 11) is 0. The van der Waals surface area contributed by atoms with Crippen LogP contribution in [0, 0.1) is 5.92 Å². The first-order chi connectivity index (χ1) is 10.5. The summed E-state index contributed by atoms with van der Waals surface area (Å²) in [4.78, 5) is 43.4. The molecule has 1 fully saturated rings. The number of anilines is 1. The van der Waals surface area contributed by atoms with E-state index < -0.39 is 36.2 Å². The number of carbonyl (C=O) groups is 3. The van der Waals surface area contributed by atoms with Crippen molar-refractivity contribution in [3.05, 3.63) is 29.4 Å². The van der Waals surface area contributed by atoms with Crippen molar-refractivity contribution >= 4 is 23.5 Å². The summed E-state index contributed by atoms with van der Waals surface area (Å²) in [6, 6.07) is 0. The van der Waals surface area contributed by atoms with Crippen molar-refractivity contribution < 1.29 is 29.0 Å². The lowest BCUT2D eigenvalue weighted by molar-refractivity contribution is -0.141. The molecule has 2 aliphatic rings. The molecule has 0 saturated carbocycles. The fraction of sp³-hybridized carbons (Fsp3) is 0.308. The summed E-state index contributed by atoms with van der Waals surface area (Å²) in [5.41, 5.74) is 5.75. The standard InChI is InChI=1S/C13H11N3O6/c14-11-5(1-15-4-16-11)8(9-6(17)2-21-12(9)19)10-7(18)3-22-13(10)20/h1,4,8-9,18H,2-3H2,(H2,14,15,16). The number of hydrogen-bond donors (Lipinski definition) is 2.